The highest BCUT2D eigenvalue weighted by Crippen LogP contribution is 2.10. The van der Waals surface area contributed by atoms with E-state index >= 15 is 0 Å². The first-order valence-electron chi connectivity index (χ1n) is 6.03. The Morgan fingerprint density at radius 1 is 0.944 bits per heavy atom. The molecule has 0 N–H and O–H groups in total. The smallest absolute Gasteiger partial charge is 0.0593 e. The van der Waals surface area contributed by atoms with Crippen molar-refractivity contribution >= 4 is 0 Å². The van der Waals surface area contributed by atoms with Crippen molar-refractivity contribution in [2.75, 3.05) is 20.8 Å². The van der Waals surface area contributed by atoms with Gasteiger partial charge in [0.1, 0.15) is 0 Å². The zero-order valence-corrected chi connectivity index (χ0v) is 12.4. The van der Waals surface area contributed by atoms with Crippen molar-refractivity contribution in [1.82, 2.24) is 0 Å². The average Bonchev–Trinajstić information content (AvgIpc) is 2.41. The van der Waals surface area contributed by atoms with E-state index in [9.17, 15) is 0 Å². The minimum absolute atomic E-state index is 0.310. The van der Waals surface area contributed by atoms with Gasteiger partial charge >= 0.3 is 0 Å². The second-order valence-corrected chi connectivity index (χ2v) is 3.56. The maximum absolute atomic E-state index is 5.18. The summed E-state index contributed by atoms with van der Waals surface area (Å²) in [7, 11) is 3.47. The summed E-state index contributed by atoms with van der Waals surface area (Å²) < 4.78 is 10.2. The van der Waals surface area contributed by atoms with Crippen molar-refractivity contribution in [3.05, 3.63) is 0 Å². The maximum Gasteiger partial charge on any atom is 0.0593 e. The van der Waals surface area contributed by atoms with E-state index in [4.69, 9.17) is 9.47 Å². The molecular weight excluding hydrogens is 224 g/mol. The van der Waals surface area contributed by atoms with Gasteiger partial charge in [0.05, 0.1) is 12.7 Å². The number of methoxy groups -OCH3 is 2. The van der Waals surface area contributed by atoms with Crippen LogP contribution in [0.1, 0.15) is 34.1 Å². The molecule has 0 heterocycles. The third-order valence-corrected chi connectivity index (χ3v) is 2.38. The summed E-state index contributed by atoms with van der Waals surface area (Å²) in [5.74, 6) is 16.0. The van der Waals surface area contributed by atoms with E-state index in [1.54, 1.807) is 28.1 Å². The van der Waals surface area contributed by atoms with Crippen LogP contribution in [0.2, 0.25) is 0 Å². The predicted octanol–water partition coefficient (Wildman–Crippen LogP) is 2.73. The van der Waals surface area contributed by atoms with E-state index in [1.807, 2.05) is 0 Å². The van der Waals surface area contributed by atoms with Crippen LogP contribution in [-0.2, 0) is 9.47 Å². The lowest BCUT2D eigenvalue weighted by Crippen LogP contribution is -2.22. The van der Waals surface area contributed by atoms with Gasteiger partial charge in [-0.1, -0.05) is 18.8 Å². The predicted molar refractivity (Wildman–Crippen MR) is 76.8 cm³/mol. The standard InChI is InChI=1S/C8H18O2.C8H6/c1-5-8(6-9-3)7(2)10-4;1-3-5-7-8-6-4-2/h7-8H,5-6H2,1-4H3;1-2H3/t7-,8-;/m1./s1. The van der Waals surface area contributed by atoms with E-state index in [0.29, 0.717) is 12.0 Å². The van der Waals surface area contributed by atoms with Crippen molar-refractivity contribution in [2.45, 2.75) is 40.2 Å². The maximum atomic E-state index is 5.18. The Bertz CT molecular complexity index is 328. The van der Waals surface area contributed by atoms with Crippen LogP contribution in [0.3, 0.4) is 0 Å². The van der Waals surface area contributed by atoms with Crippen molar-refractivity contribution < 1.29 is 9.47 Å². The largest absolute Gasteiger partial charge is 0.384 e. The molecule has 0 aliphatic heterocycles. The zero-order chi connectivity index (χ0) is 14.2. The van der Waals surface area contributed by atoms with Crippen LogP contribution < -0.4 is 0 Å². The fourth-order valence-electron chi connectivity index (χ4n) is 1.18. The fourth-order valence-corrected chi connectivity index (χ4v) is 1.18. The molecule has 0 aliphatic carbocycles. The number of rotatable bonds is 5. The van der Waals surface area contributed by atoms with Gasteiger partial charge in [-0.15, -0.1) is 0 Å². The zero-order valence-electron chi connectivity index (χ0n) is 12.4. The van der Waals surface area contributed by atoms with Crippen LogP contribution in [0.15, 0.2) is 0 Å². The molecule has 0 fully saturated rings. The number of hydrogen-bond acceptors (Lipinski definition) is 2. The Labute approximate surface area is 112 Å². The monoisotopic (exact) mass is 248 g/mol. The van der Waals surface area contributed by atoms with Crippen molar-refractivity contribution in [1.29, 1.82) is 0 Å². The Morgan fingerprint density at radius 2 is 1.44 bits per heavy atom. The number of ether oxygens (including phenoxy) is 2. The Hall–Kier alpha value is -1.40. The van der Waals surface area contributed by atoms with E-state index < -0.39 is 0 Å². The van der Waals surface area contributed by atoms with Gasteiger partial charge in [0, 0.05) is 20.1 Å². The van der Waals surface area contributed by atoms with Crippen LogP contribution in [0.5, 0.6) is 0 Å². The van der Waals surface area contributed by atoms with Gasteiger partial charge < -0.3 is 9.47 Å². The summed E-state index contributed by atoms with van der Waals surface area (Å²) in [6.45, 7) is 8.51. The lowest BCUT2D eigenvalue weighted by Gasteiger charge is -2.19. The highest BCUT2D eigenvalue weighted by molar-refractivity contribution is 5.34. The van der Waals surface area contributed by atoms with Gasteiger partial charge in [0.15, 0.2) is 0 Å². The van der Waals surface area contributed by atoms with Crippen LogP contribution >= 0.6 is 0 Å². The third kappa shape index (κ3) is 12.7. The van der Waals surface area contributed by atoms with Crippen LogP contribution in [-0.4, -0.2) is 26.9 Å². The lowest BCUT2D eigenvalue weighted by atomic mass is 10.0. The molecule has 0 aromatic carbocycles. The Morgan fingerprint density at radius 3 is 1.72 bits per heavy atom. The van der Waals surface area contributed by atoms with E-state index in [0.717, 1.165) is 13.0 Å². The minimum atomic E-state index is 0.310. The summed E-state index contributed by atoms with van der Waals surface area (Å²) in [5, 5.41) is 0. The summed E-state index contributed by atoms with van der Waals surface area (Å²) in [6, 6.07) is 0. The summed E-state index contributed by atoms with van der Waals surface area (Å²) in [5.41, 5.74) is 0. The molecule has 2 nitrogen and oxygen atoms in total. The normalized spacial score (nSPS) is 11.0. The van der Waals surface area contributed by atoms with Gasteiger partial charge in [-0.05, 0) is 50.9 Å². The first-order chi connectivity index (χ1) is 8.67. The second kappa shape index (κ2) is 15.6. The van der Waals surface area contributed by atoms with Crippen LogP contribution in [0, 0.1) is 41.4 Å². The van der Waals surface area contributed by atoms with E-state index in [2.05, 4.69) is 49.4 Å². The van der Waals surface area contributed by atoms with Gasteiger partial charge in [0.25, 0.3) is 0 Å². The molecular formula is C16H24O2. The second-order valence-electron chi connectivity index (χ2n) is 3.56. The molecule has 0 aromatic heterocycles. The molecule has 2 heteroatoms. The molecule has 2 atom stereocenters. The van der Waals surface area contributed by atoms with Gasteiger partial charge in [0.2, 0.25) is 0 Å². The molecule has 18 heavy (non-hydrogen) atoms. The SMILES string of the molecule is CC#CC#CC#CC.CC[C@H](COC)[C@@H](C)OC. The minimum Gasteiger partial charge on any atom is -0.384 e. The lowest BCUT2D eigenvalue weighted by molar-refractivity contribution is 0.0242. The fraction of sp³-hybridized carbons (Fsp3) is 0.625. The first kappa shape index (κ1) is 19.0. The highest BCUT2D eigenvalue weighted by atomic mass is 16.5. The van der Waals surface area contributed by atoms with Crippen LogP contribution in [0.4, 0.5) is 0 Å². The Kier molecular flexibility index (Phi) is 16.4. The molecule has 0 rings (SSSR count). The van der Waals surface area contributed by atoms with Crippen molar-refractivity contribution in [3.63, 3.8) is 0 Å². The molecule has 0 saturated carbocycles. The summed E-state index contributed by atoms with van der Waals surface area (Å²) in [4.78, 5) is 0. The van der Waals surface area contributed by atoms with Gasteiger partial charge in [-0.2, -0.15) is 0 Å². The topological polar surface area (TPSA) is 18.5 Å². The van der Waals surface area contributed by atoms with Gasteiger partial charge in [-0.3, -0.25) is 0 Å². The Balaban J connectivity index is 0. The molecule has 100 valence electrons. The van der Waals surface area contributed by atoms with E-state index in [-0.39, 0.29) is 0 Å². The molecule has 0 amide bonds. The van der Waals surface area contributed by atoms with E-state index in [1.165, 1.54) is 0 Å². The first-order valence-corrected chi connectivity index (χ1v) is 6.03. The summed E-state index contributed by atoms with van der Waals surface area (Å²) in [6.07, 6.45) is 1.42. The quantitative estimate of drug-likeness (QED) is 0.697. The highest BCUT2D eigenvalue weighted by Gasteiger charge is 2.13. The average molecular weight is 248 g/mol. The molecule has 0 aromatic rings. The molecule has 0 bridgehead atoms. The molecule has 0 unspecified atom stereocenters. The number of hydrogen-bond donors (Lipinski definition) is 0. The molecule has 0 radical (unpaired) electrons. The van der Waals surface area contributed by atoms with Crippen LogP contribution in [0.25, 0.3) is 0 Å². The van der Waals surface area contributed by atoms with Crippen molar-refractivity contribution in [3.8, 4) is 35.5 Å². The molecule has 0 spiro atoms. The van der Waals surface area contributed by atoms with Crippen molar-refractivity contribution in [2.24, 2.45) is 5.92 Å². The molecule has 0 aliphatic rings. The summed E-state index contributed by atoms with van der Waals surface area (Å²) >= 11 is 0. The molecule has 0 saturated heterocycles. The third-order valence-electron chi connectivity index (χ3n) is 2.38. The van der Waals surface area contributed by atoms with Gasteiger partial charge in [-0.25, -0.2) is 0 Å².